The smallest absolute Gasteiger partial charge is 0.341 e. The van der Waals surface area contributed by atoms with E-state index in [2.05, 4.69) is 5.32 Å². The van der Waals surface area contributed by atoms with Gasteiger partial charge in [0.05, 0.1) is 12.2 Å². The molecule has 1 amide bonds. The minimum absolute atomic E-state index is 0.113. The second-order valence-electron chi connectivity index (χ2n) is 7.32. The van der Waals surface area contributed by atoms with Crippen LogP contribution in [0.3, 0.4) is 0 Å². The van der Waals surface area contributed by atoms with E-state index in [4.69, 9.17) is 9.47 Å². The van der Waals surface area contributed by atoms with Gasteiger partial charge in [-0.25, -0.2) is 9.18 Å². The third-order valence-corrected chi connectivity index (χ3v) is 6.09. The molecule has 0 saturated heterocycles. The minimum atomic E-state index is -0.620. The van der Waals surface area contributed by atoms with E-state index in [1.807, 2.05) is 13.0 Å². The van der Waals surface area contributed by atoms with Gasteiger partial charge in [-0.15, -0.1) is 11.3 Å². The Bertz CT molecular complexity index is 1260. The number of aryl methyl sites for hydroxylation is 1. The molecule has 3 rings (SSSR count). The highest BCUT2D eigenvalue weighted by Gasteiger charge is 2.23. The fourth-order valence-corrected chi connectivity index (χ4v) is 4.10. The van der Waals surface area contributed by atoms with E-state index in [0.717, 1.165) is 16.0 Å². The summed E-state index contributed by atoms with van der Waals surface area (Å²) in [5.41, 5.74) is 2.38. The summed E-state index contributed by atoms with van der Waals surface area (Å²) in [6, 6.07) is 14.8. The molecule has 1 aromatic heterocycles. The van der Waals surface area contributed by atoms with Crippen molar-refractivity contribution in [1.82, 2.24) is 0 Å². The maximum Gasteiger partial charge on any atom is 0.341 e. The van der Waals surface area contributed by atoms with Crippen LogP contribution >= 0.6 is 11.3 Å². The number of halogens is 1. The van der Waals surface area contributed by atoms with Crippen LogP contribution in [0.4, 0.5) is 9.39 Å². The van der Waals surface area contributed by atoms with E-state index in [0.29, 0.717) is 21.9 Å². The Morgan fingerprint density at radius 3 is 2.41 bits per heavy atom. The van der Waals surface area contributed by atoms with Crippen molar-refractivity contribution in [1.29, 1.82) is 5.26 Å². The number of esters is 1. The highest BCUT2D eigenvalue weighted by molar-refractivity contribution is 7.16. The first-order valence-corrected chi connectivity index (χ1v) is 11.3. The molecule has 0 radical (unpaired) electrons. The molecule has 0 saturated carbocycles. The van der Waals surface area contributed by atoms with Gasteiger partial charge in [0.25, 0.3) is 5.91 Å². The number of carbonyl (C=O) groups is 2. The minimum Gasteiger partial charge on any atom is -0.489 e. The van der Waals surface area contributed by atoms with E-state index in [-0.39, 0.29) is 24.6 Å². The van der Waals surface area contributed by atoms with Gasteiger partial charge in [0, 0.05) is 4.88 Å². The first-order chi connectivity index (χ1) is 16.3. The SMILES string of the molecule is CCOC(=O)c1c(NC(=O)/C(C#N)=C/c2ccc(OCc3ccc(F)cc3)cc2)sc(C)c1C. The first-order valence-electron chi connectivity index (χ1n) is 10.5. The molecule has 174 valence electrons. The van der Waals surface area contributed by atoms with Gasteiger partial charge in [-0.1, -0.05) is 24.3 Å². The molecule has 6 nitrogen and oxygen atoms in total. The highest BCUT2D eigenvalue weighted by Crippen LogP contribution is 2.33. The number of hydrogen-bond acceptors (Lipinski definition) is 6. The molecular weight excluding hydrogens is 455 g/mol. The zero-order valence-corrected chi connectivity index (χ0v) is 19.8. The summed E-state index contributed by atoms with van der Waals surface area (Å²) in [5, 5.41) is 12.5. The molecule has 1 N–H and O–H groups in total. The van der Waals surface area contributed by atoms with Crippen LogP contribution < -0.4 is 10.1 Å². The Morgan fingerprint density at radius 1 is 1.12 bits per heavy atom. The Labute approximate surface area is 201 Å². The van der Waals surface area contributed by atoms with Crippen LogP contribution in [0.1, 0.15) is 38.8 Å². The Hall–Kier alpha value is -3.96. The molecule has 2 aromatic carbocycles. The maximum atomic E-state index is 13.0. The van der Waals surface area contributed by atoms with Crippen molar-refractivity contribution in [3.05, 3.63) is 87.1 Å². The predicted molar refractivity (Wildman–Crippen MR) is 129 cm³/mol. The van der Waals surface area contributed by atoms with E-state index < -0.39 is 11.9 Å². The molecule has 0 aliphatic rings. The first kappa shape index (κ1) is 24.7. The molecule has 0 unspecified atom stereocenters. The average Bonchev–Trinajstić information content (AvgIpc) is 3.10. The zero-order valence-electron chi connectivity index (χ0n) is 19.0. The summed E-state index contributed by atoms with van der Waals surface area (Å²) < 4.78 is 23.8. The fourth-order valence-electron chi connectivity index (χ4n) is 3.06. The number of rotatable bonds is 8. The Morgan fingerprint density at radius 2 is 1.79 bits per heavy atom. The lowest BCUT2D eigenvalue weighted by Gasteiger charge is -2.08. The summed E-state index contributed by atoms with van der Waals surface area (Å²) >= 11 is 1.26. The molecule has 0 spiro atoms. The van der Waals surface area contributed by atoms with Crippen molar-refractivity contribution in [2.24, 2.45) is 0 Å². The number of nitrogens with one attached hydrogen (secondary N) is 1. The van der Waals surface area contributed by atoms with Gasteiger partial charge in [0.1, 0.15) is 34.8 Å². The van der Waals surface area contributed by atoms with Gasteiger partial charge in [-0.05, 0) is 67.8 Å². The van der Waals surface area contributed by atoms with Crippen molar-refractivity contribution in [2.45, 2.75) is 27.4 Å². The summed E-state index contributed by atoms with van der Waals surface area (Å²) in [6.45, 7) is 5.84. The molecule has 0 aliphatic carbocycles. The van der Waals surface area contributed by atoms with Crippen molar-refractivity contribution in [3.63, 3.8) is 0 Å². The van der Waals surface area contributed by atoms with Gasteiger partial charge >= 0.3 is 5.97 Å². The summed E-state index contributed by atoms with van der Waals surface area (Å²) in [7, 11) is 0. The van der Waals surface area contributed by atoms with Crippen LogP contribution in [0, 0.1) is 31.0 Å². The third kappa shape index (κ3) is 6.09. The maximum absolute atomic E-state index is 13.0. The normalized spacial score (nSPS) is 11.0. The monoisotopic (exact) mass is 478 g/mol. The fraction of sp³-hybridized carbons (Fsp3) is 0.192. The van der Waals surface area contributed by atoms with E-state index >= 15 is 0 Å². The molecule has 0 aliphatic heterocycles. The average molecular weight is 479 g/mol. The molecule has 0 fully saturated rings. The Balaban J connectivity index is 1.71. The Kier molecular flexibility index (Phi) is 8.17. The van der Waals surface area contributed by atoms with Crippen LogP contribution in [-0.4, -0.2) is 18.5 Å². The number of nitriles is 1. The van der Waals surface area contributed by atoms with Gasteiger partial charge < -0.3 is 14.8 Å². The summed E-state index contributed by atoms with van der Waals surface area (Å²) in [4.78, 5) is 26.0. The van der Waals surface area contributed by atoms with Crippen LogP contribution in [0.15, 0.2) is 54.1 Å². The number of carbonyl (C=O) groups excluding carboxylic acids is 2. The van der Waals surface area contributed by atoms with Gasteiger partial charge in [-0.3, -0.25) is 4.79 Å². The van der Waals surface area contributed by atoms with Gasteiger partial charge in [-0.2, -0.15) is 5.26 Å². The van der Waals surface area contributed by atoms with Gasteiger partial charge in [0.15, 0.2) is 0 Å². The third-order valence-electron chi connectivity index (χ3n) is 4.97. The number of nitrogens with zero attached hydrogens (tertiary/aromatic N) is 1. The second kappa shape index (κ2) is 11.3. The largest absolute Gasteiger partial charge is 0.489 e. The van der Waals surface area contributed by atoms with Crippen LogP contribution in [0.2, 0.25) is 0 Å². The van der Waals surface area contributed by atoms with Crippen LogP contribution in [0.5, 0.6) is 5.75 Å². The topological polar surface area (TPSA) is 88.4 Å². The molecule has 1 heterocycles. The van der Waals surface area contributed by atoms with Crippen molar-refractivity contribution < 1.29 is 23.5 Å². The number of hydrogen-bond donors (Lipinski definition) is 1. The van der Waals surface area contributed by atoms with E-state index in [9.17, 15) is 19.2 Å². The lowest BCUT2D eigenvalue weighted by atomic mass is 10.1. The highest BCUT2D eigenvalue weighted by atomic mass is 32.1. The number of ether oxygens (including phenoxy) is 2. The quantitative estimate of drug-likeness (QED) is 0.251. The van der Waals surface area contributed by atoms with Crippen LogP contribution in [-0.2, 0) is 16.1 Å². The molecule has 0 bridgehead atoms. The second-order valence-corrected chi connectivity index (χ2v) is 8.54. The molecule has 8 heteroatoms. The number of amides is 1. The predicted octanol–water partition coefficient (Wildman–Crippen LogP) is 5.81. The van der Waals surface area contributed by atoms with E-state index in [1.54, 1.807) is 50.2 Å². The summed E-state index contributed by atoms with van der Waals surface area (Å²) in [6.07, 6.45) is 1.45. The number of anilines is 1. The molecular formula is C26H23FN2O4S. The lowest BCUT2D eigenvalue weighted by molar-refractivity contribution is -0.112. The van der Waals surface area contributed by atoms with Crippen molar-refractivity contribution in [3.8, 4) is 11.8 Å². The zero-order chi connectivity index (χ0) is 24.7. The van der Waals surface area contributed by atoms with Crippen molar-refractivity contribution in [2.75, 3.05) is 11.9 Å². The number of benzene rings is 2. The molecule has 0 atom stereocenters. The molecule has 34 heavy (non-hydrogen) atoms. The van der Waals surface area contributed by atoms with Gasteiger partial charge in [0.2, 0.25) is 0 Å². The van der Waals surface area contributed by atoms with E-state index in [1.165, 1.54) is 29.5 Å². The van der Waals surface area contributed by atoms with Crippen molar-refractivity contribution >= 4 is 34.3 Å². The summed E-state index contributed by atoms with van der Waals surface area (Å²) in [5.74, 6) is -0.851. The molecule has 3 aromatic rings. The standard InChI is InChI=1S/C26H23FN2O4S/c1-4-32-26(31)23-16(2)17(3)34-25(23)29-24(30)20(14-28)13-18-7-11-22(12-8-18)33-15-19-5-9-21(27)10-6-19/h5-13H,4,15H2,1-3H3,(H,29,30)/b20-13+. The number of thiophene rings is 1. The lowest BCUT2D eigenvalue weighted by Crippen LogP contribution is -2.16. The van der Waals surface area contributed by atoms with Crippen LogP contribution in [0.25, 0.3) is 6.08 Å².